The first-order valence-electron chi connectivity index (χ1n) is 11.8. The molecule has 4 aliphatic carbocycles. The fraction of sp³-hybridized carbons (Fsp3) is 0.958. The first kappa shape index (κ1) is 21.6. The molecule has 0 aromatic heterocycles. The third-order valence-electron chi connectivity index (χ3n) is 10.3. The van der Waals surface area contributed by atoms with Crippen molar-refractivity contribution < 1.29 is 25.2 Å². The Morgan fingerprint density at radius 3 is 2.45 bits per heavy atom. The zero-order valence-electron chi connectivity index (χ0n) is 18.3. The van der Waals surface area contributed by atoms with Crippen molar-refractivity contribution in [3.8, 4) is 0 Å². The lowest BCUT2D eigenvalue weighted by atomic mass is 9.43. The maximum absolute atomic E-state index is 11.5. The van der Waals surface area contributed by atoms with Crippen molar-refractivity contribution in [2.75, 3.05) is 0 Å². The summed E-state index contributed by atoms with van der Waals surface area (Å²) in [6.45, 7) is 6.72. The maximum atomic E-state index is 11.5. The number of carboxylic acids is 1. The van der Waals surface area contributed by atoms with Crippen LogP contribution in [0.2, 0.25) is 0 Å². The van der Waals surface area contributed by atoms with Crippen LogP contribution in [0.25, 0.3) is 0 Å². The molecule has 0 radical (unpaired) electrons. The van der Waals surface area contributed by atoms with E-state index in [1.165, 1.54) is 0 Å². The van der Waals surface area contributed by atoms with Gasteiger partial charge in [0.05, 0.1) is 18.3 Å². The lowest BCUT2D eigenvalue weighted by molar-refractivity contribution is -0.207. The van der Waals surface area contributed by atoms with Gasteiger partial charge >= 0.3 is 5.97 Å². The summed E-state index contributed by atoms with van der Waals surface area (Å²) in [5.74, 6) is 0.997. The number of hydrogen-bond acceptors (Lipinski definition) is 4. The normalized spacial score (nSPS) is 52.9. The molecule has 0 amide bonds. The number of aliphatic hydroxyl groups excluding tert-OH is 3. The fourth-order valence-electron chi connectivity index (χ4n) is 8.68. The number of fused-ring (bicyclic) bond motifs is 5. The summed E-state index contributed by atoms with van der Waals surface area (Å²) in [7, 11) is 0. The van der Waals surface area contributed by atoms with E-state index in [1.807, 2.05) is 0 Å². The van der Waals surface area contributed by atoms with E-state index in [1.54, 1.807) is 0 Å². The largest absolute Gasteiger partial charge is 0.481 e. The molecule has 5 heteroatoms. The van der Waals surface area contributed by atoms with Crippen molar-refractivity contribution in [3.05, 3.63) is 0 Å². The molecule has 0 aromatic carbocycles. The van der Waals surface area contributed by atoms with Crippen LogP contribution >= 0.6 is 0 Å². The van der Waals surface area contributed by atoms with E-state index in [-0.39, 0.29) is 41.3 Å². The number of carboxylic acid groups (broad SMARTS) is 1. The molecule has 4 aliphatic rings. The Morgan fingerprint density at radius 1 is 1.03 bits per heavy atom. The minimum Gasteiger partial charge on any atom is -0.481 e. The minimum atomic E-state index is -0.748. The van der Waals surface area contributed by atoms with Crippen molar-refractivity contribution in [2.24, 2.45) is 46.3 Å². The Morgan fingerprint density at radius 2 is 1.76 bits per heavy atom. The number of hydrogen-bond donors (Lipinski definition) is 4. The van der Waals surface area contributed by atoms with E-state index in [0.29, 0.717) is 30.1 Å². The second kappa shape index (κ2) is 7.49. The molecule has 29 heavy (non-hydrogen) atoms. The molecular weight excluding hydrogens is 368 g/mol. The molecule has 4 N–H and O–H groups in total. The Bertz CT molecular complexity index is 637. The predicted molar refractivity (Wildman–Crippen MR) is 110 cm³/mol. The minimum absolute atomic E-state index is 0.0957. The van der Waals surface area contributed by atoms with Crippen LogP contribution in [0.15, 0.2) is 0 Å². The monoisotopic (exact) mass is 408 g/mol. The molecule has 5 nitrogen and oxygen atoms in total. The second-order valence-corrected chi connectivity index (χ2v) is 11.4. The highest BCUT2D eigenvalue weighted by molar-refractivity contribution is 5.66. The van der Waals surface area contributed by atoms with Gasteiger partial charge in [0, 0.05) is 6.42 Å². The fourth-order valence-corrected chi connectivity index (χ4v) is 8.68. The van der Waals surface area contributed by atoms with Gasteiger partial charge in [-0.25, -0.2) is 0 Å². The van der Waals surface area contributed by atoms with Crippen LogP contribution < -0.4 is 0 Å². The van der Waals surface area contributed by atoms with Crippen molar-refractivity contribution in [1.29, 1.82) is 0 Å². The standard InChI is InChI=1S/C24H40O5/c1-13(4-7-21(28)29)16-5-6-17-22-18(12-20(27)24(16,17)3)23(2)9-8-15(25)10-14(23)11-19(22)26/h13-20,22,25-27H,4-12H2,1-3H3,(H,28,29)/t13-,14-,15+,16-,17+,18+,19+,20-,22+,23+,24-/m1/s1. The summed E-state index contributed by atoms with van der Waals surface area (Å²) in [5.41, 5.74) is -0.143. The van der Waals surface area contributed by atoms with Gasteiger partial charge in [0.2, 0.25) is 0 Å². The molecular formula is C24H40O5. The molecule has 0 aliphatic heterocycles. The van der Waals surface area contributed by atoms with E-state index < -0.39 is 12.1 Å². The smallest absolute Gasteiger partial charge is 0.303 e. The highest BCUT2D eigenvalue weighted by atomic mass is 16.4. The highest BCUT2D eigenvalue weighted by Gasteiger charge is 2.65. The summed E-state index contributed by atoms with van der Waals surface area (Å²) < 4.78 is 0. The average molecular weight is 409 g/mol. The van der Waals surface area contributed by atoms with E-state index in [9.17, 15) is 20.1 Å². The molecule has 4 rings (SSSR count). The van der Waals surface area contributed by atoms with E-state index >= 15 is 0 Å². The quantitative estimate of drug-likeness (QED) is 0.571. The van der Waals surface area contributed by atoms with Crippen LogP contribution in [-0.4, -0.2) is 44.7 Å². The molecule has 4 saturated carbocycles. The molecule has 0 saturated heterocycles. The Hall–Kier alpha value is -0.650. The first-order valence-corrected chi connectivity index (χ1v) is 11.8. The van der Waals surface area contributed by atoms with Crippen LogP contribution in [-0.2, 0) is 4.79 Å². The first-order chi connectivity index (χ1) is 13.6. The SMILES string of the molecule is C[C@H](CCC(=O)O)[C@H]1CC[C@H]2[C@@H]3[C@@H](O)C[C@H]4C[C@@H](O)CC[C@]4(C)[C@H]3C[C@@H](O)[C@]12C. The van der Waals surface area contributed by atoms with Gasteiger partial charge in [-0.2, -0.15) is 0 Å². The van der Waals surface area contributed by atoms with Gasteiger partial charge in [-0.1, -0.05) is 20.8 Å². The zero-order valence-corrected chi connectivity index (χ0v) is 18.3. The summed E-state index contributed by atoms with van der Waals surface area (Å²) in [6.07, 6.45) is 6.00. The van der Waals surface area contributed by atoms with Gasteiger partial charge in [0.1, 0.15) is 0 Å². The second-order valence-electron chi connectivity index (χ2n) is 11.4. The van der Waals surface area contributed by atoms with Gasteiger partial charge in [-0.05, 0) is 97.7 Å². The molecule has 11 atom stereocenters. The van der Waals surface area contributed by atoms with Gasteiger partial charge < -0.3 is 20.4 Å². The number of aliphatic carboxylic acids is 1. The lowest BCUT2D eigenvalue weighted by Gasteiger charge is -2.63. The van der Waals surface area contributed by atoms with Gasteiger partial charge in [0.15, 0.2) is 0 Å². The highest BCUT2D eigenvalue weighted by Crippen LogP contribution is 2.68. The molecule has 166 valence electrons. The third-order valence-corrected chi connectivity index (χ3v) is 10.3. The Labute approximate surface area is 174 Å². The summed E-state index contributed by atoms with van der Waals surface area (Å²) >= 11 is 0. The molecule has 0 unspecified atom stereocenters. The van der Waals surface area contributed by atoms with Crippen LogP contribution in [0.1, 0.15) is 78.6 Å². The van der Waals surface area contributed by atoms with Crippen LogP contribution in [0, 0.1) is 46.3 Å². The molecule has 4 fully saturated rings. The zero-order chi connectivity index (χ0) is 21.1. The number of carbonyl (C=O) groups is 1. The molecule has 0 spiro atoms. The van der Waals surface area contributed by atoms with Crippen molar-refractivity contribution >= 4 is 5.97 Å². The van der Waals surface area contributed by atoms with Gasteiger partial charge in [-0.15, -0.1) is 0 Å². The summed E-state index contributed by atoms with van der Waals surface area (Å²) in [6, 6.07) is 0. The third kappa shape index (κ3) is 3.27. The van der Waals surface area contributed by atoms with E-state index in [0.717, 1.165) is 44.9 Å². The average Bonchev–Trinajstić information content (AvgIpc) is 3.01. The van der Waals surface area contributed by atoms with Crippen LogP contribution in [0.4, 0.5) is 0 Å². The van der Waals surface area contributed by atoms with Crippen molar-refractivity contribution in [2.45, 2.75) is 96.9 Å². The molecule has 0 heterocycles. The van der Waals surface area contributed by atoms with Gasteiger partial charge in [-0.3, -0.25) is 4.79 Å². The van der Waals surface area contributed by atoms with E-state index in [2.05, 4.69) is 20.8 Å². The maximum Gasteiger partial charge on any atom is 0.303 e. The topological polar surface area (TPSA) is 98.0 Å². The Balaban J connectivity index is 1.61. The summed E-state index contributed by atoms with van der Waals surface area (Å²) in [5, 5.41) is 42.0. The van der Waals surface area contributed by atoms with Gasteiger partial charge in [0.25, 0.3) is 0 Å². The number of aliphatic hydroxyl groups is 3. The Kier molecular flexibility index (Phi) is 5.57. The lowest BCUT2D eigenvalue weighted by Crippen LogP contribution is -2.62. The number of rotatable bonds is 4. The molecule has 0 bridgehead atoms. The molecule has 0 aromatic rings. The predicted octanol–water partition coefficient (Wildman–Crippen LogP) is 3.45. The van der Waals surface area contributed by atoms with Crippen molar-refractivity contribution in [1.82, 2.24) is 0 Å². The van der Waals surface area contributed by atoms with E-state index in [4.69, 9.17) is 5.11 Å². The van der Waals surface area contributed by atoms with Crippen molar-refractivity contribution in [3.63, 3.8) is 0 Å². The van der Waals surface area contributed by atoms with Crippen LogP contribution in [0.3, 0.4) is 0 Å². The summed E-state index contributed by atoms with van der Waals surface area (Å²) in [4.78, 5) is 11.1. The van der Waals surface area contributed by atoms with Crippen LogP contribution in [0.5, 0.6) is 0 Å².